The topological polar surface area (TPSA) is 92.5 Å². The summed E-state index contributed by atoms with van der Waals surface area (Å²) in [6.45, 7) is 3.96. The average Bonchev–Trinajstić information content (AvgIpc) is 2.38. The number of hydrogen-bond acceptors (Lipinski definition) is 4. The van der Waals surface area contributed by atoms with E-state index in [1.54, 1.807) is 12.1 Å². The monoisotopic (exact) mass is 313 g/mol. The summed E-state index contributed by atoms with van der Waals surface area (Å²) in [5.41, 5.74) is 6.44. The van der Waals surface area contributed by atoms with Gasteiger partial charge in [-0.15, -0.1) is 0 Å². The number of likely N-dealkylation sites (N-methyl/N-ethyl adjacent to an activating group) is 1. The van der Waals surface area contributed by atoms with Crippen molar-refractivity contribution in [2.75, 3.05) is 20.1 Å². The molecule has 0 aliphatic carbocycles. The quantitative estimate of drug-likeness (QED) is 0.759. The van der Waals surface area contributed by atoms with Gasteiger partial charge in [0.15, 0.2) is 0 Å². The van der Waals surface area contributed by atoms with E-state index in [9.17, 15) is 13.2 Å². The Morgan fingerprint density at radius 1 is 1.29 bits per heavy atom. The van der Waals surface area contributed by atoms with Gasteiger partial charge in [-0.05, 0) is 44.5 Å². The van der Waals surface area contributed by atoms with Crippen LogP contribution in [0.25, 0.3) is 0 Å². The van der Waals surface area contributed by atoms with Crippen molar-refractivity contribution in [1.29, 1.82) is 0 Å². The molecule has 0 spiro atoms. The summed E-state index contributed by atoms with van der Waals surface area (Å²) < 4.78 is 25.7. The van der Waals surface area contributed by atoms with Crippen LogP contribution in [0.3, 0.4) is 0 Å². The maximum Gasteiger partial charge on any atom is 0.243 e. The maximum absolute atomic E-state index is 12.3. The first-order chi connectivity index (χ1) is 9.77. The van der Waals surface area contributed by atoms with Gasteiger partial charge in [0.05, 0.1) is 11.4 Å². The molecule has 0 heterocycles. The third-order valence-corrected chi connectivity index (χ3v) is 4.70. The average molecular weight is 313 g/mol. The Kier molecular flexibility index (Phi) is 6.32. The Bertz CT molecular complexity index is 568. The van der Waals surface area contributed by atoms with E-state index in [4.69, 9.17) is 5.73 Å². The van der Waals surface area contributed by atoms with Gasteiger partial charge in [0.25, 0.3) is 0 Å². The molecule has 0 fully saturated rings. The lowest BCUT2D eigenvalue weighted by atomic mass is 10.2. The number of nitrogens with one attached hydrogen (secondary N) is 1. The largest absolute Gasteiger partial charge is 0.353 e. The predicted octanol–water partition coefficient (Wildman–Crippen LogP) is 0.333. The fraction of sp³-hybridized carbons (Fsp3) is 0.500. The van der Waals surface area contributed by atoms with E-state index in [1.165, 1.54) is 19.2 Å². The van der Waals surface area contributed by atoms with Crippen LogP contribution in [0.4, 0.5) is 0 Å². The summed E-state index contributed by atoms with van der Waals surface area (Å²) in [6, 6.07) is 6.53. The van der Waals surface area contributed by atoms with Gasteiger partial charge in [-0.3, -0.25) is 4.79 Å². The first kappa shape index (κ1) is 17.6. The first-order valence-electron chi connectivity index (χ1n) is 6.82. The van der Waals surface area contributed by atoms with Gasteiger partial charge in [-0.25, -0.2) is 8.42 Å². The molecule has 0 radical (unpaired) electrons. The maximum atomic E-state index is 12.3. The highest BCUT2D eigenvalue weighted by Crippen LogP contribution is 2.15. The van der Waals surface area contributed by atoms with Crippen LogP contribution < -0.4 is 11.1 Å². The highest BCUT2D eigenvalue weighted by Gasteiger charge is 2.22. The van der Waals surface area contributed by atoms with Crippen LogP contribution in [0, 0.1) is 0 Å². The van der Waals surface area contributed by atoms with Gasteiger partial charge in [-0.1, -0.05) is 12.1 Å². The molecule has 1 aromatic rings. The molecule has 0 aliphatic rings. The highest BCUT2D eigenvalue weighted by atomic mass is 32.2. The minimum absolute atomic E-state index is 0.0239. The van der Waals surface area contributed by atoms with Crippen molar-refractivity contribution in [1.82, 2.24) is 9.62 Å². The molecule has 6 nitrogen and oxygen atoms in total. The number of benzene rings is 1. The number of carbonyl (C=O) groups excluding carboxylic acids is 1. The normalized spacial score (nSPS) is 11.9. The Morgan fingerprint density at radius 3 is 2.33 bits per heavy atom. The standard InChI is InChI=1S/C14H23N3O3S/c1-11(2)16-14(18)10-17(3)21(19,20)13-6-4-12(5-7-13)8-9-15/h4-7,11H,8-10,15H2,1-3H3,(H,16,18). The van der Waals surface area contributed by atoms with Crippen molar-refractivity contribution in [3.8, 4) is 0 Å². The third-order valence-electron chi connectivity index (χ3n) is 2.88. The van der Waals surface area contributed by atoms with Crippen LogP contribution in [0.1, 0.15) is 19.4 Å². The van der Waals surface area contributed by atoms with Crippen LogP contribution >= 0.6 is 0 Å². The smallest absolute Gasteiger partial charge is 0.243 e. The Labute approximate surface area is 126 Å². The Morgan fingerprint density at radius 2 is 1.86 bits per heavy atom. The molecule has 0 aliphatic heterocycles. The molecule has 21 heavy (non-hydrogen) atoms. The number of amides is 1. The van der Waals surface area contributed by atoms with Crippen LogP contribution in [-0.4, -0.2) is 44.8 Å². The Hall–Kier alpha value is -1.44. The summed E-state index contributed by atoms with van der Waals surface area (Å²) >= 11 is 0. The zero-order chi connectivity index (χ0) is 16.0. The molecular weight excluding hydrogens is 290 g/mol. The lowest BCUT2D eigenvalue weighted by Crippen LogP contribution is -2.40. The second-order valence-corrected chi connectivity index (χ2v) is 7.21. The molecule has 0 unspecified atom stereocenters. The van der Waals surface area contributed by atoms with Crippen molar-refractivity contribution in [2.24, 2.45) is 5.73 Å². The van der Waals surface area contributed by atoms with Crippen molar-refractivity contribution in [3.63, 3.8) is 0 Å². The second kappa shape index (κ2) is 7.53. The summed E-state index contributed by atoms with van der Waals surface area (Å²) in [5, 5.41) is 2.66. The number of sulfonamides is 1. The summed E-state index contributed by atoms with van der Waals surface area (Å²) in [7, 11) is -2.27. The van der Waals surface area contributed by atoms with Gasteiger partial charge < -0.3 is 11.1 Å². The third kappa shape index (κ3) is 5.11. The molecule has 1 rings (SSSR count). The number of hydrogen-bond donors (Lipinski definition) is 2. The van der Waals surface area contributed by atoms with E-state index in [0.29, 0.717) is 13.0 Å². The molecule has 1 amide bonds. The number of rotatable bonds is 7. The second-order valence-electron chi connectivity index (χ2n) is 5.17. The highest BCUT2D eigenvalue weighted by molar-refractivity contribution is 7.89. The van der Waals surface area contributed by atoms with E-state index in [0.717, 1.165) is 9.87 Å². The molecule has 7 heteroatoms. The number of carbonyl (C=O) groups is 1. The lowest BCUT2D eigenvalue weighted by molar-refractivity contribution is -0.121. The molecule has 0 atom stereocenters. The van der Waals surface area contributed by atoms with Crippen LogP contribution in [0.15, 0.2) is 29.2 Å². The number of nitrogens with zero attached hydrogens (tertiary/aromatic N) is 1. The zero-order valence-electron chi connectivity index (χ0n) is 12.7. The molecule has 118 valence electrons. The summed E-state index contributed by atoms with van der Waals surface area (Å²) in [4.78, 5) is 11.8. The molecule has 1 aromatic carbocycles. The van der Waals surface area contributed by atoms with Gasteiger partial charge >= 0.3 is 0 Å². The summed E-state index contributed by atoms with van der Waals surface area (Å²) in [6.07, 6.45) is 0.701. The van der Waals surface area contributed by atoms with E-state index in [1.807, 2.05) is 13.8 Å². The van der Waals surface area contributed by atoms with Gasteiger partial charge in [0.1, 0.15) is 0 Å². The first-order valence-corrected chi connectivity index (χ1v) is 8.26. The Balaban J connectivity index is 2.81. The molecule has 0 bridgehead atoms. The van der Waals surface area contributed by atoms with Gasteiger partial charge in [0, 0.05) is 13.1 Å². The SMILES string of the molecule is CC(C)NC(=O)CN(C)S(=O)(=O)c1ccc(CCN)cc1. The summed E-state index contributed by atoms with van der Waals surface area (Å²) in [5.74, 6) is -0.323. The van der Waals surface area contributed by atoms with Gasteiger partial charge in [-0.2, -0.15) is 4.31 Å². The van der Waals surface area contributed by atoms with E-state index in [2.05, 4.69) is 5.32 Å². The van der Waals surface area contributed by atoms with Crippen molar-refractivity contribution in [2.45, 2.75) is 31.2 Å². The van der Waals surface area contributed by atoms with Crippen LogP contribution in [0.2, 0.25) is 0 Å². The molecule has 0 aromatic heterocycles. The molecular formula is C14H23N3O3S. The van der Waals surface area contributed by atoms with Gasteiger partial charge in [0.2, 0.25) is 15.9 Å². The lowest BCUT2D eigenvalue weighted by Gasteiger charge is -2.18. The molecule has 3 N–H and O–H groups in total. The fourth-order valence-corrected chi connectivity index (χ4v) is 2.96. The predicted molar refractivity (Wildman–Crippen MR) is 82.3 cm³/mol. The fourth-order valence-electron chi connectivity index (χ4n) is 1.83. The van der Waals surface area contributed by atoms with E-state index >= 15 is 0 Å². The van der Waals surface area contributed by atoms with Crippen LogP contribution in [-0.2, 0) is 21.2 Å². The van der Waals surface area contributed by atoms with Crippen LogP contribution in [0.5, 0.6) is 0 Å². The zero-order valence-corrected chi connectivity index (χ0v) is 13.5. The molecule has 0 saturated heterocycles. The number of nitrogens with two attached hydrogens (primary N) is 1. The van der Waals surface area contributed by atoms with E-state index < -0.39 is 10.0 Å². The van der Waals surface area contributed by atoms with Crippen molar-refractivity contribution < 1.29 is 13.2 Å². The minimum Gasteiger partial charge on any atom is -0.353 e. The van der Waals surface area contributed by atoms with Crippen molar-refractivity contribution >= 4 is 15.9 Å². The van der Waals surface area contributed by atoms with Crippen molar-refractivity contribution in [3.05, 3.63) is 29.8 Å². The molecule has 0 saturated carbocycles. The minimum atomic E-state index is -3.66. The van der Waals surface area contributed by atoms with E-state index in [-0.39, 0.29) is 23.4 Å².